The second kappa shape index (κ2) is 9.46. The van der Waals surface area contributed by atoms with Crippen LogP contribution in [-0.4, -0.2) is 59.7 Å². The van der Waals surface area contributed by atoms with E-state index in [1.807, 2.05) is 0 Å². The Morgan fingerprint density at radius 3 is 2.29 bits per heavy atom. The molecule has 0 saturated carbocycles. The van der Waals surface area contributed by atoms with Crippen molar-refractivity contribution in [1.29, 1.82) is 0 Å². The Bertz CT molecular complexity index is 1100. The largest absolute Gasteiger partial charge is 0.494 e. The van der Waals surface area contributed by atoms with Gasteiger partial charge in [-0.3, -0.25) is 0 Å². The van der Waals surface area contributed by atoms with Crippen LogP contribution in [0.1, 0.15) is 27.8 Å². The van der Waals surface area contributed by atoms with E-state index in [1.165, 1.54) is 31.0 Å². The molecule has 0 unspecified atom stereocenters. The molecule has 0 spiro atoms. The molecule has 0 bridgehead atoms. The minimum Gasteiger partial charge on any atom is -0.494 e. The summed E-state index contributed by atoms with van der Waals surface area (Å²) in [4.78, 5) is 25.4. The van der Waals surface area contributed by atoms with Crippen LogP contribution in [0.4, 0.5) is 0 Å². The predicted molar refractivity (Wildman–Crippen MR) is 113 cm³/mol. The maximum atomic E-state index is 12.7. The summed E-state index contributed by atoms with van der Waals surface area (Å²) in [5.74, 6) is -1.25. The van der Waals surface area contributed by atoms with Gasteiger partial charge in [0.1, 0.15) is 17.0 Å². The fourth-order valence-electron chi connectivity index (χ4n) is 3.11. The van der Waals surface area contributed by atoms with Gasteiger partial charge in [0.25, 0.3) is 0 Å². The van der Waals surface area contributed by atoms with Gasteiger partial charge in [0.2, 0.25) is 0 Å². The maximum absolute atomic E-state index is 12.7. The lowest BCUT2D eigenvalue weighted by Crippen LogP contribution is -2.30. The van der Waals surface area contributed by atoms with E-state index in [0.717, 1.165) is 0 Å². The molecule has 3 aromatic rings. The van der Waals surface area contributed by atoms with Gasteiger partial charge >= 0.3 is 19.1 Å². The number of hydrogen-bond donors (Lipinski definition) is 2. The Morgan fingerprint density at radius 2 is 1.71 bits per heavy atom. The summed E-state index contributed by atoms with van der Waals surface area (Å²) >= 11 is 0. The molecule has 1 aromatic heterocycles. The molecule has 2 N–H and O–H groups in total. The normalized spacial score (nSPS) is 10.5. The Balaban J connectivity index is 2.36. The topological polar surface area (TPSA) is 120 Å². The van der Waals surface area contributed by atoms with Crippen molar-refractivity contribution in [2.24, 2.45) is 0 Å². The third kappa shape index (κ3) is 4.45. The Kier molecular flexibility index (Phi) is 6.73. The number of para-hydroxylation sites is 1. The van der Waals surface area contributed by atoms with Crippen molar-refractivity contribution in [2.45, 2.75) is 6.92 Å². The first-order valence-corrected chi connectivity index (χ1v) is 9.40. The summed E-state index contributed by atoms with van der Waals surface area (Å²) in [5, 5.41) is 23.9. The summed E-state index contributed by atoms with van der Waals surface area (Å²) in [7, 11) is 0.602. The average molecular weight is 424 g/mol. The quantitative estimate of drug-likeness (QED) is 0.429. The van der Waals surface area contributed by atoms with E-state index < -0.39 is 19.1 Å². The van der Waals surface area contributed by atoms with Gasteiger partial charge in [-0.1, -0.05) is 24.3 Å². The Morgan fingerprint density at radius 1 is 1.03 bits per heavy atom. The highest BCUT2D eigenvalue weighted by atomic mass is 16.5. The number of rotatable bonds is 7. The average Bonchev–Trinajstić information content (AvgIpc) is 3.19. The highest BCUT2D eigenvalue weighted by Gasteiger charge is 2.32. The first kappa shape index (κ1) is 22.1. The minimum atomic E-state index is -1.78. The van der Waals surface area contributed by atoms with Crippen molar-refractivity contribution in [2.75, 3.05) is 20.8 Å². The zero-order valence-electron chi connectivity index (χ0n) is 17.2. The number of benzene rings is 2. The smallest absolute Gasteiger partial charge is 0.488 e. The van der Waals surface area contributed by atoms with Crippen molar-refractivity contribution in [3.8, 4) is 22.7 Å². The van der Waals surface area contributed by atoms with E-state index in [0.29, 0.717) is 23.6 Å². The summed E-state index contributed by atoms with van der Waals surface area (Å²) in [6, 6.07) is 13.2. The molecule has 0 radical (unpaired) electrons. The monoisotopic (exact) mass is 424 g/mol. The molecular formula is C21H21BN2O7. The molecular weight excluding hydrogens is 403 g/mol. The van der Waals surface area contributed by atoms with Gasteiger partial charge in [0.05, 0.1) is 26.5 Å². The third-order valence-corrected chi connectivity index (χ3v) is 4.47. The van der Waals surface area contributed by atoms with Crippen LogP contribution in [-0.2, 0) is 9.47 Å². The van der Waals surface area contributed by atoms with Gasteiger partial charge in [0.15, 0.2) is 5.69 Å². The van der Waals surface area contributed by atoms with Crippen LogP contribution in [0.3, 0.4) is 0 Å². The zero-order chi connectivity index (χ0) is 22.5. The van der Waals surface area contributed by atoms with Crippen molar-refractivity contribution in [3.05, 3.63) is 59.8 Å². The number of aromatic nitrogens is 2. The Labute approximate surface area is 178 Å². The molecule has 0 aliphatic heterocycles. The van der Waals surface area contributed by atoms with Crippen LogP contribution in [0.15, 0.2) is 48.5 Å². The van der Waals surface area contributed by atoms with Crippen LogP contribution >= 0.6 is 0 Å². The van der Waals surface area contributed by atoms with Gasteiger partial charge in [-0.2, -0.15) is 5.10 Å². The summed E-state index contributed by atoms with van der Waals surface area (Å²) in [5.41, 5.74) is 0.829. The lowest BCUT2D eigenvalue weighted by molar-refractivity contribution is 0.0549. The number of carbonyl (C=O) groups is 2. The van der Waals surface area contributed by atoms with E-state index in [9.17, 15) is 19.6 Å². The van der Waals surface area contributed by atoms with Crippen molar-refractivity contribution >= 4 is 24.5 Å². The maximum Gasteiger partial charge on any atom is 0.488 e. The van der Waals surface area contributed by atoms with Gasteiger partial charge in [-0.15, -0.1) is 0 Å². The van der Waals surface area contributed by atoms with Gasteiger partial charge in [-0.25, -0.2) is 14.3 Å². The van der Waals surface area contributed by atoms with Gasteiger partial charge in [0, 0.05) is 5.56 Å². The van der Waals surface area contributed by atoms with E-state index in [2.05, 4.69) is 5.10 Å². The number of methoxy groups -OCH3 is 2. The standard InChI is InChI=1S/C21H21BN2O7/c1-4-31-16-11-13(10-14(12-16)22(27)28)18-17(20(25)29-2)19(21(26)30-3)24(23-18)15-8-6-5-7-9-15/h5-12,27-28H,4H2,1-3H3. The molecule has 160 valence electrons. The summed E-state index contributed by atoms with van der Waals surface area (Å²) < 4.78 is 16.6. The van der Waals surface area contributed by atoms with Crippen LogP contribution in [0.5, 0.6) is 5.75 Å². The van der Waals surface area contributed by atoms with E-state index >= 15 is 0 Å². The van der Waals surface area contributed by atoms with Gasteiger partial charge in [-0.05, 0) is 36.7 Å². The molecule has 0 saturated heterocycles. The van der Waals surface area contributed by atoms with Gasteiger partial charge < -0.3 is 24.3 Å². The molecule has 31 heavy (non-hydrogen) atoms. The number of hydrogen-bond acceptors (Lipinski definition) is 8. The summed E-state index contributed by atoms with van der Waals surface area (Å²) in [6.45, 7) is 2.11. The van der Waals surface area contributed by atoms with Crippen LogP contribution in [0.25, 0.3) is 16.9 Å². The van der Waals surface area contributed by atoms with Crippen molar-refractivity contribution in [3.63, 3.8) is 0 Å². The SMILES string of the molecule is CCOc1cc(B(O)O)cc(-c2nn(-c3ccccc3)c(C(=O)OC)c2C(=O)OC)c1. The zero-order valence-corrected chi connectivity index (χ0v) is 17.2. The molecule has 3 rings (SSSR count). The fraction of sp³-hybridized carbons (Fsp3) is 0.190. The number of esters is 2. The van der Waals surface area contributed by atoms with E-state index in [1.54, 1.807) is 43.3 Å². The van der Waals surface area contributed by atoms with Crippen LogP contribution in [0.2, 0.25) is 0 Å². The predicted octanol–water partition coefficient (Wildman–Crippen LogP) is 1.19. The number of nitrogens with zero attached hydrogens (tertiary/aromatic N) is 2. The minimum absolute atomic E-state index is 0.0968. The molecule has 1 heterocycles. The van der Waals surface area contributed by atoms with Crippen LogP contribution < -0.4 is 10.2 Å². The molecule has 0 aliphatic rings. The summed E-state index contributed by atoms with van der Waals surface area (Å²) in [6.07, 6.45) is 0. The molecule has 2 aromatic carbocycles. The van der Waals surface area contributed by atoms with E-state index in [4.69, 9.17) is 14.2 Å². The first-order valence-electron chi connectivity index (χ1n) is 9.40. The fourth-order valence-corrected chi connectivity index (χ4v) is 3.11. The molecule has 0 atom stereocenters. The molecule has 0 fully saturated rings. The molecule has 0 aliphatic carbocycles. The van der Waals surface area contributed by atoms with Crippen LogP contribution in [0, 0.1) is 0 Å². The highest BCUT2D eigenvalue weighted by Crippen LogP contribution is 2.30. The molecule has 9 nitrogen and oxygen atoms in total. The molecule has 0 amide bonds. The second-order valence-electron chi connectivity index (χ2n) is 6.40. The number of carbonyl (C=O) groups excluding carboxylic acids is 2. The molecule has 10 heteroatoms. The Hall–Kier alpha value is -3.63. The third-order valence-electron chi connectivity index (χ3n) is 4.47. The lowest BCUT2D eigenvalue weighted by Gasteiger charge is -2.10. The van der Waals surface area contributed by atoms with Crippen molar-refractivity contribution in [1.82, 2.24) is 9.78 Å². The lowest BCUT2D eigenvalue weighted by atomic mass is 9.79. The number of ether oxygens (including phenoxy) is 3. The highest BCUT2D eigenvalue weighted by molar-refractivity contribution is 6.58. The van der Waals surface area contributed by atoms with E-state index in [-0.39, 0.29) is 22.4 Å². The van der Waals surface area contributed by atoms with Crippen molar-refractivity contribution < 1.29 is 33.8 Å². The second-order valence-corrected chi connectivity index (χ2v) is 6.40. The first-order chi connectivity index (χ1) is 14.9.